The van der Waals surface area contributed by atoms with Gasteiger partial charge in [0.2, 0.25) is 0 Å². The Morgan fingerprint density at radius 1 is 1.20 bits per heavy atom. The number of fused-ring (bicyclic) bond motifs is 1. The standard InChI is InChI=1S/C17H27N3/c1-3-6-19-7-9-20(10-8-19)17-13-18-12-15-5-4-14(2)11-16(15)17/h4-5,11,17-18H,3,6-10,12-13H2,1-2H3/t17-/m0/s1. The molecule has 1 atom stereocenters. The number of nitrogens with zero attached hydrogens (tertiary/aromatic N) is 2. The van der Waals surface area contributed by atoms with E-state index in [0.717, 1.165) is 13.1 Å². The maximum atomic E-state index is 3.59. The maximum absolute atomic E-state index is 3.59. The van der Waals surface area contributed by atoms with Gasteiger partial charge in [0.1, 0.15) is 0 Å². The number of benzene rings is 1. The highest BCUT2D eigenvalue weighted by molar-refractivity contribution is 5.36. The van der Waals surface area contributed by atoms with E-state index >= 15 is 0 Å². The fraction of sp³-hybridized carbons (Fsp3) is 0.647. The van der Waals surface area contributed by atoms with Crippen LogP contribution in [0.4, 0.5) is 0 Å². The van der Waals surface area contributed by atoms with E-state index in [4.69, 9.17) is 0 Å². The predicted octanol–water partition coefficient (Wildman–Crippen LogP) is 2.17. The molecule has 1 N–H and O–H groups in total. The molecule has 0 bridgehead atoms. The number of rotatable bonds is 3. The van der Waals surface area contributed by atoms with E-state index in [2.05, 4.69) is 47.2 Å². The van der Waals surface area contributed by atoms with Crippen LogP contribution in [0.25, 0.3) is 0 Å². The van der Waals surface area contributed by atoms with Gasteiger partial charge in [0.05, 0.1) is 0 Å². The van der Waals surface area contributed by atoms with Gasteiger partial charge < -0.3 is 10.2 Å². The van der Waals surface area contributed by atoms with Crippen LogP contribution in [0.2, 0.25) is 0 Å². The Labute approximate surface area is 123 Å². The van der Waals surface area contributed by atoms with Crippen LogP contribution in [-0.2, 0) is 6.54 Å². The molecule has 0 aliphatic carbocycles. The predicted molar refractivity (Wildman–Crippen MR) is 83.9 cm³/mol. The van der Waals surface area contributed by atoms with Crippen LogP contribution in [0.15, 0.2) is 18.2 Å². The van der Waals surface area contributed by atoms with Gasteiger partial charge in [0.15, 0.2) is 0 Å². The molecule has 0 aromatic heterocycles. The molecule has 0 spiro atoms. The summed E-state index contributed by atoms with van der Waals surface area (Å²) < 4.78 is 0. The first-order valence-corrected chi connectivity index (χ1v) is 8.04. The quantitative estimate of drug-likeness (QED) is 0.910. The van der Waals surface area contributed by atoms with Gasteiger partial charge in [0, 0.05) is 45.3 Å². The van der Waals surface area contributed by atoms with Crippen molar-refractivity contribution in [3.63, 3.8) is 0 Å². The van der Waals surface area contributed by atoms with Crippen molar-refractivity contribution in [2.45, 2.75) is 32.9 Å². The van der Waals surface area contributed by atoms with E-state index in [1.54, 1.807) is 5.56 Å². The fourth-order valence-corrected chi connectivity index (χ4v) is 3.58. The fourth-order valence-electron chi connectivity index (χ4n) is 3.58. The van der Waals surface area contributed by atoms with Crippen LogP contribution < -0.4 is 5.32 Å². The maximum Gasteiger partial charge on any atom is 0.0477 e. The van der Waals surface area contributed by atoms with Crippen LogP contribution in [0.5, 0.6) is 0 Å². The molecule has 3 heteroatoms. The first kappa shape index (κ1) is 14.1. The molecule has 0 radical (unpaired) electrons. The summed E-state index contributed by atoms with van der Waals surface area (Å²) in [6.07, 6.45) is 1.27. The summed E-state index contributed by atoms with van der Waals surface area (Å²) in [5.74, 6) is 0. The summed E-state index contributed by atoms with van der Waals surface area (Å²) in [6.45, 7) is 12.7. The molecule has 3 nitrogen and oxygen atoms in total. The van der Waals surface area contributed by atoms with E-state index < -0.39 is 0 Å². The lowest BCUT2D eigenvalue weighted by atomic mass is 9.93. The zero-order valence-corrected chi connectivity index (χ0v) is 12.9. The van der Waals surface area contributed by atoms with Crippen LogP contribution >= 0.6 is 0 Å². The highest BCUT2D eigenvalue weighted by atomic mass is 15.3. The van der Waals surface area contributed by atoms with Gasteiger partial charge in [-0.2, -0.15) is 0 Å². The third-order valence-electron chi connectivity index (χ3n) is 4.70. The number of piperazine rings is 1. The van der Waals surface area contributed by atoms with E-state index in [1.165, 1.54) is 50.3 Å². The molecule has 2 aliphatic rings. The second-order valence-electron chi connectivity index (χ2n) is 6.23. The van der Waals surface area contributed by atoms with Gasteiger partial charge in [-0.15, -0.1) is 0 Å². The minimum Gasteiger partial charge on any atom is -0.311 e. The van der Waals surface area contributed by atoms with Gasteiger partial charge >= 0.3 is 0 Å². The third-order valence-corrected chi connectivity index (χ3v) is 4.70. The molecule has 110 valence electrons. The molecule has 1 aromatic carbocycles. The lowest BCUT2D eigenvalue weighted by Crippen LogP contribution is -2.50. The van der Waals surface area contributed by atoms with Crippen molar-refractivity contribution in [3.8, 4) is 0 Å². The molecule has 2 aliphatic heterocycles. The topological polar surface area (TPSA) is 18.5 Å². The van der Waals surface area contributed by atoms with Crippen molar-refractivity contribution in [2.24, 2.45) is 0 Å². The molecular weight excluding hydrogens is 246 g/mol. The van der Waals surface area contributed by atoms with E-state index in [-0.39, 0.29) is 0 Å². The van der Waals surface area contributed by atoms with Crippen LogP contribution in [0.1, 0.15) is 36.1 Å². The molecule has 0 amide bonds. The van der Waals surface area contributed by atoms with Crippen LogP contribution in [0.3, 0.4) is 0 Å². The van der Waals surface area contributed by atoms with Crippen molar-refractivity contribution in [3.05, 3.63) is 34.9 Å². The monoisotopic (exact) mass is 273 g/mol. The van der Waals surface area contributed by atoms with Crippen molar-refractivity contribution in [1.29, 1.82) is 0 Å². The third kappa shape index (κ3) is 2.90. The van der Waals surface area contributed by atoms with Crippen molar-refractivity contribution < 1.29 is 0 Å². The van der Waals surface area contributed by atoms with E-state index in [0.29, 0.717) is 6.04 Å². The molecule has 0 unspecified atom stereocenters. The summed E-state index contributed by atoms with van der Waals surface area (Å²) in [7, 11) is 0. The Morgan fingerprint density at radius 3 is 2.75 bits per heavy atom. The summed E-state index contributed by atoms with van der Waals surface area (Å²) in [4.78, 5) is 5.28. The molecule has 2 heterocycles. The van der Waals surface area contributed by atoms with Crippen LogP contribution in [-0.4, -0.2) is 49.1 Å². The Balaban J connectivity index is 1.72. The van der Waals surface area contributed by atoms with Gasteiger partial charge in [-0.1, -0.05) is 30.7 Å². The molecule has 1 fully saturated rings. The van der Waals surface area contributed by atoms with Crippen molar-refractivity contribution >= 4 is 0 Å². The Kier molecular flexibility index (Phi) is 4.39. The minimum absolute atomic E-state index is 0.572. The smallest absolute Gasteiger partial charge is 0.0477 e. The van der Waals surface area contributed by atoms with Gasteiger partial charge in [-0.05, 0) is 31.0 Å². The molecule has 3 rings (SSSR count). The number of hydrogen-bond donors (Lipinski definition) is 1. The zero-order valence-electron chi connectivity index (χ0n) is 12.9. The van der Waals surface area contributed by atoms with Crippen LogP contribution in [0, 0.1) is 6.92 Å². The second kappa shape index (κ2) is 6.25. The lowest BCUT2D eigenvalue weighted by Gasteiger charge is -2.41. The lowest BCUT2D eigenvalue weighted by molar-refractivity contribution is 0.0918. The Hall–Kier alpha value is -0.900. The largest absolute Gasteiger partial charge is 0.311 e. The molecule has 0 saturated carbocycles. The number of nitrogens with one attached hydrogen (secondary N) is 1. The average molecular weight is 273 g/mol. The van der Waals surface area contributed by atoms with Gasteiger partial charge in [0.25, 0.3) is 0 Å². The first-order chi connectivity index (χ1) is 9.78. The summed E-state index contributed by atoms with van der Waals surface area (Å²) in [6, 6.07) is 7.51. The minimum atomic E-state index is 0.572. The van der Waals surface area contributed by atoms with Crippen molar-refractivity contribution in [2.75, 3.05) is 39.3 Å². The molecule has 20 heavy (non-hydrogen) atoms. The molecule has 1 saturated heterocycles. The highest BCUT2D eigenvalue weighted by Crippen LogP contribution is 2.28. The van der Waals surface area contributed by atoms with Gasteiger partial charge in [-0.3, -0.25) is 4.90 Å². The molecular formula is C17H27N3. The van der Waals surface area contributed by atoms with E-state index in [9.17, 15) is 0 Å². The average Bonchev–Trinajstić information content (AvgIpc) is 2.48. The summed E-state index contributed by atoms with van der Waals surface area (Å²) in [5.41, 5.74) is 4.44. The first-order valence-electron chi connectivity index (χ1n) is 8.04. The highest BCUT2D eigenvalue weighted by Gasteiger charge is 2.28. The van der Waals surface area contributed by atoms with E-state index in [1.807, 2.05) is 0 Å². The Morgan fingerprint density at radius 2 is 2.00 bits per heavy atom. The zero-order chi connectivity index (χ0) is 13.9. The summed E-state index contributed by atoms with van der Waals surface area (Å²) in [5, 5.41) is 3.59. The second-order valence-corrected chi connectivity index (χ2v) is 6.23. The van der Waals surface area contributed by atoms with Crippen molar-refractivity contribution in [1.82, 2.24) is 15.1 Å². The number of aryl methyl sites for hydroxylation is 1. The summed E-state index contributed by atoms with van der Waals surface area (Å²) >= 11 is 0. The molecule has 1 aromatic rings. The van der Waals surface area contributed by atoms with Gasteiger partial charge in [-0.25, -0.2) is 0 Å². The SMILES string of the molecule is CCCN1CCN([C@H]2CNCc3ccc(C)cc32)CC1. The number of hydrogen-bond acceptors (Lipinski definition) is 3. The Bertz CT molecular complexity index is 450. The normalized spacial score (nSPS) is 24.6.